The Hall–Kier alpha value is -0.510. The van der Waals surface area contributed by atoms with E-state index in [1.165, 1.54) is 29.7 Å². The monoisotopic (exact) mass is 265 g/mol. The maximum Gasteiger partial charge on any atom is 0.0615 e. The van der Waals surface area contributed by atoms with Gasteiger partial charge in [0.25, 0.3) is 0 Å². The number of hydrogen-bond acceptors (Lipinski definition) is 3. The Kier molecular flexibility index (Phi) is 5.54. The highest BCUT2D eigenvalue weighted by molar-refractivity contribution is 8.00. The molecule has 100 valence electrons. The zero-order valence-corrected chi connectivity index (χ0v) is 12.1. The number of ether oxygens (including phenoxy) is 1. The molecule has 1 aromatic carbocycles. The first-order valence-electron chi connectivity index (χ1n) is 6.80. The smallest absolute Gasteiger partial charge is 0.0615 e. The van der Waals surface area contributed by atoms with E-state index in [4.69, 9.17) is 4.74 Å². The molecular formula is C15H23NOS. The predicted octanol–water partition coefficient (Wildman–Crippen LogP) is 3.11. The Morgan fingerprint density at radius 3 is 3.00 bits per heavy atom. The maximum absolute atomic E-state index is 5.26. The quantitative estimate of drug-likeness (QED) is 0.818. The lowest BCUT2D eigenvalue weighted by atomic mass is 10.1. The van der Waals surface area contributed by atoms with Crippen LogP contribution in [0.4, 0.5) is 0 Å². The molecular weight excluding hydrogens is 242 g/mol. The Bertz CT molecular complexity index is 338. The van der Waals surface area contributed by atoms with E-state index in [-0.39, 0.29) is 0 Å². The van der Waals surface area contributed by atoms with E-state index in [1.807, 2.05) is 11.8 Å². The molecule has 1 aromatic rings. The van der Waals surface area contributed by atoms with Gasteiger partial charge in [-0.25, -0.2) is 0 Å². The van der Waals surface area contributed by atoms with Crippen LogP contribution in [0.1, 0.15) is 25.3 Å². The number of methoxy groups -OCH3 is 1. The zero-order chi connectivity index (χ0) is 12.8. The molecule has 3 heteroatoms. The number of fused-ring (bicyclic) bond motifs is 1. The lowest BCUT2D eigenvalue weighted by Gasteiger charge is -2.19. The summed E-state index contributed by atoms with van der Waals surface area (Å²) < 4.78 is 5.26. The number of benzene rings is 1. The largest absolute Gasteiger partial charge is 0.383 e. The van der Waals surface area contributed by atoms with Crippen molar-refractivity contribution >= 4 is 11.8 Å². The highest BCUT2D eigenvalue weighted by Gasteiger charge is 2.22. The van der Waals surface area contributed by atoms with E-state index in [9.17, 15) is 0 Å². The molecule has 0 aliphatic carbocycles. The van der Waals surface area contributed by atoms with Gasteiger partial charge in [-0.3, -0.25) is 0 Å². The lowest BCUT2D eigenvalue weighted by molar-refractivity contribution is 0.162. The first-order valence-corrected chi connectivity index (χ1v) is 7.68. The van der Waals surface area contributed by atoms with Gasteiger partial charge in [0.05, 0.1) is 6.61 Å². The van der Waals surface area contributed by atoms with E-state index < -0.39 is 0 Å². The molecule has 2 atom stereocenters. The molecule has 0 amide bonds. The minimum atomic E-state index is 0.504. The van der Waals surface area contributed by atoms with Crippen LogP contribution in [0.3, 0.4) is 0 Å². The summed E-state index contributed by atoms with van der Waals surface area (Å²) in [6.07, 6.45) is 3.59. The van der Waals surface area contributed by atoms with Crippen LogP contribution >= 0.6 is 11.8 Å². The van der Waals surface area contributed by atoms with Crippen LogP contribution in [0.2, 0.25) is 0 Å². The van der Waals surface area contributed by atoms with Crippen LogP contribution in [0, 0.1) is 0 Å². The minimum Gasteiger partial charge on any atom is -0.383 e. The van der Waals surface area contributed by atoms with Crippen LogP contribution in [-0.2, 0) is 11.2 Å². The highest BCUT2D eigenvalue weighted by Crippen LogP contribution is 2.36. The molecule has 0 saturated carbocycles. The topological polar surface area (TPSA) is 21.3 Å². The molecule has 18 heavy (non-hydrogen) atoms. The second kappa shape index (κ2) is 7.17. The van der Waals surface area contributed by atoms with Crippen LogP contribution in [-0.4, -0.2) is 31.6 Å². The fourth-order valence-corrected chi connectivity index (χ4v) is 3.72. The van der Waals surface area contributed by atoms with Gasteiger partial charge < -0.3 is 10.1 Å². The van der Waals surface area contributed by atoms with Crippen LogP contribution in [0.25, 0.3) is 0 Å². The molecule has 2 nitrogen and oxygen atoms in total. The van der Waals surface area contributed by atoms with Gasteiger partial charge in [0, 0.05) is 29.8 Å². The third-order valence-electron chi connectivity index (χ3n) is 3.35. The summed E-state index contributed by atoms with van der Waals surface area (Å²) in [4.78, 5) is 1.46. The van der Waals surface area contributed by atoms with Crippen molar-refractivity contribution in [1.82, 2.24) is 5.32 Å². The van der Waals surface area contributed by atoms with Crippen molar-refractivity contribution < 1.29 is 4.74 Å². The van der Waals surface area contributed by atoms with Crippen molar-refractivity contribution in [2.24, 2.45) is 0 Å². The molecule has 1 aliphatic rings. The van der Waals surface area contributed by atoms with Gasteiger partial charge in [-0.2, -0.15) is 0 Å². The molecule has 0 radical (unpaired) electrons. The summed E-state index contributed by atoms with van der Waals surface area (Å²) in [5, 5.41) is 4.33. The number of hydrogen-bond donors (Lipinski definition) is 1. The molecule has 1 aliphatic heterocycles. The van der Waals surface area contributed by atoms with E-state index in [1.54, 1.807) is 7.11 Å². The SMILES string of the molecule is CCCC(COC)NCC1Cc2ccccc2S1. The maximum atomic E-state index is 5.26. The molecule has 0 aromatic heterocycles. The fraction of sp³-hybridized carbons (Fsp3) is 0.600. The van der Waals surface area contributed by atoms with E-state index >= 15 is 0 Å². The molecule has 1 heterocycles. The summed E-state index contributed by atoms with van der Waals surface area (Å²) >= 11 is 2.01. The number of rotatable bonds is 7. The predicted molar refractivity (Wildman–Crippen MR) is 78.4 cm³/mol. The summed E-state index contributed by atoms with van der Waals surface area (Å²) in [6.45, 7) is 4.12. The van der Waals surface area contributed by atoms with Crippen molar-refractivity contribution in [3.05, 3.63) is 29.8 Å². The molecule has 2 unspecified atom stereocenters. The van der Waals surface area contributed by atoms with Crippen molar-refractivity contribution in [2.75, 3.05) is 20.3 Å². The van der Waals surface area contributed by atoms with Crippen LogP contribution < -0.4 is 5.32 Å². The fourth-order valence-electron chi connectivity index (χ4n) is 2.46. The summed E-state index contributed by atoms with van der Waals surface area (Å²) in [5.41, 5.74) is 1.51. The summed E-state index contributed by atoms with van der Waals surface area (Å²) in [5.74, 6) is 0. The van der Waals surface area contributed by atoms with Gasteiger partial charge in [-0.05, 0) is 24.5 Å². The second-order valence-corrected chi connectivity index (χ2v) is 6.24. The molecule has 0 saturated heterocycles. The molecule has 2 rings (SSSR count). The van der Waals surface area contributed by atoms with Crippen LogP contribution in [0.5, 0.6) is 0 Å². The Morgan fingerprint density at radius 2 is 2.28 bits per heavy atom. The Labute approximate surface area is 114 Å². The Morgan fingerprint density at radius 1 is 1.44 bits per heavy atom. The highest BCUT2D eigenvalue weighted by atomic mass is 32.2. The van der Waals surface area contributed by atoms with Gasteiger partial charge in [0.2, 0.25) is 0 Å². The standard InChI is InChI=1S/C15H23NOS/c1-3-6-13(11-17-2)16-10-14-9-12-7-4-5-8-15(12)18-14/h4-5,7-8,13-14,16H,3,6,9-11H2,1-2H3. The second-order valence-electron chi connectivity index (χ2n) is 4.90. The van der Waals surface area contributed by atoms with Crippen molar-refractivity contribution in [1.29, 1.82) is 0 Å². The van der Waals surface area contributed by atoms with Crippen LogP contribution in [0.15, 0.2) is 29.2 Å². The minimum absolute atomic E-state index is 0.504. The third kappa shape index (κ3) is 3.74. The van der Waals surface area contributed by atoms with E-state index in [2.05, 4.69) is 36.5 Å². The molecule has 0 bridgehead atoms. The van der Waals surface area contributed by atoms with Gasteiger partial charge in [-0.1, -0.05) is 31.5 Å². The average Bonchev–Trinajstić information content (AvgIpc) is 2.79. The summed E-state index contributed by atoms with van der Waals surface area (Å²) in [7, 11) is 1.78. The summed E-state index contributed by atoms with van der Waals surface area (Å²) in [6, 6.07) is 9.26. The first-order chi connectivity index (χ1) is 8.83. The molecule has 1 N–H and O–H groups in total. The third-order valence-corrected chi connectivity index (χ3v) is 4.67. The number of thioether (sulfide) groups is 1. The number of nitrogens with one attached hydrogen (secondary N) is 1. The normalized spacial score (nSPS) is 19.8. The first kappa shape index (κ1) is 13.9. The Balaban J connectivity index is 1.78. The zero-order valence-electron chi connectivity index (χ0n) is 11.3. The van der Waals surface area contributed by atoms with Crippen molar-refractivity contribution in [2.45, 2.75) is 42.4 Å². The van der Waals surface area contributed by atoms with Gasteiger partial charge in [0.1, 0.15) is 0 Å². The van der Waals surface area contributed by atoms with Gasteiger partial charge in [-0.15, -0.1) is 11.8 Å². The lowest BCUT2D eigenvalue weighted by Crippen LogP contribution is -2.37. The van der Waals surface area contributed by atoms with Crippen molar-refractivity contribution in [3.8, 4) is 0 Å². The average molecular weight is 265 g/mol. The molecule has 0 fully saturated rings. The van der Waals surface area contributed by atoms with Gasteiger partial charge >= 0.3 is 0 Å². The van der Waals surface area contributed by atoms with E-state index in [0.29, 0.717) is 11.3 Å². The van der Waals surface area contributed by atoms with Gasteiger partial charge in [0.15, 0.2) is 0 Å². The van der Waals surface area contributed by atoms with Crippen molar-refractivity contribution in [3.63, 3.8) is 0 Å². The molecule has 0 spiro atoms. The van der Waals surface area contributed by atoms with E-state index in [0.717, 1.165) is 13.2 Å².